The van der Waals surface area contributed by atoms with Crippen molar-refractivity contribution >= 4 is 21.7 Å². The first-order valence-corrected chi connectivity index (χ1v) is 10.0. The number of likely N-dealkylation sites (N-methyl/N-ethyl adjacent to an activating group) is 1. The molecule has 0 radical (unpaired) electrons. The van der Waals surface area contributed by atoms with Crippen LogP contribution in [0.3, 0.4) is 0 Å². The van der Waals surface area contributed by atoms with E-state index in [1.54, 1.807) is 6.92 Å². The predicted octanol–water partition coefficient (Wildman–Crippen LogP) is 3.24. The van der Waals surface area contributed by atoms with Crippen LogP contribution in [0, 0.1) is 0 Å². The molecule has 0 unspecified atom stereocenters. The van der Waals surface area contributed by atoms with Crippen LogP contribution in [0.25, 0.3) is 0 Å². The molecule has 5 heteroatoms. The van der Waals surface area contributed by atoms with Gasteiger partial charge in [-0.2, -0.15) is 0 Å². The number of pyridine rings is 1. The number of halogens is 1. The molecule has 0 bridgehead atoms. The minimum absolute atomic E-state index is 0.0435. The van der Waals surface area contributed by atoms with E-state index in [0.29, 0.717) is 0 Å². The lowest BCUT2D eigenvalue weighted by molar-refractivity contribution is -0.124. The number of aryl methyl sites for hydroxylation is 2. The summed E-state index contributed by atoms with van der Waals surface area (Å²) in [5, 5.41) is 0. The molecule has 1 fully saturated rings. The Labute approximate surface area is 163 Å². The summed E-state index contributed by atoms with van der Waals surface area (Å²) < 4.78 is 1.03. The van der Waals surface area contributed by atoms with Crippen molar-refractivity contribution in [2.24, 2.45) is 0 Å². The molecule has 4 rings (SSSR count). The lowest BCUT2D eigenvalue weighted by atomic mass is 9.95. The zero-order valence-electron chi connectivity index (χ0n) is 15.3. The van der Waals surface area contributed by atoms with Gasteiger partial charge in [0.1, 0.15) is 5.78 Å². The second-order valence-electron chi connectivity index (χ2n) is 7.40. The molecule has 136 valence electrons. The molecule has 1 aromatic heterocycles. The highest BCUT2D eigenvalue weighted by atomic mass is 79.9. The molecule has 2 heterocycles. The Kier molecular flexibility index (Phi) is 4.95. The average molecular weight is 414 g/mol. The van der Waals surface area contributed by atoms with E-state index in [4.69, 9.17) is 4.98 Å². The minimum Gasteiger partial charge on any atom is -0.298 e. The van der Waals surface area contributed by atoms with E-state index >= 15 is 0 Å². The monoisotopic (exact) mass is 413 g/mol. The molecule has 1 aliphatic heterocycles. The number of carbonyl (C=O) groups is 1. The SMILES string of the molecule is CC(=O)[C@H]1CN([C@H]2c3ccccc3CCc3cc(Br)cnc32)CCN1C. The fourth-order valence-electron chi connectivity index (χ4n) is 4.32. The molecular weight excluding hydrogens is 390 g/mol. The summed E-state index contributed by atoms with van der Waals surface area (Å²) in [5.74, 6) is 0.239. The van der Waals surface area contributed by atoms with E-state index in [0.717, 1.165) is 42.6 Å². The third-order valence-corrected chi connectivity index (χ3v) is 6.19. The van der Waals surface area contributed by atoms with Crippen LogP contribution < -0.4 is 0 Å². The molecule has 1 aliphatic carbocycles. The first-order valence-electron chi connectivity index (χ1n) is 9.21. The molecule has 2 aromatic rings. The third-order valence-electron chi connectivity index (χ3n) is 5.75. The van der Waals surface area contributed by atoms with Crippen LogP contribution in [-0.4, -0.2) is 53.3 Å². The van der Waals surface area contributed by atoms with Crippen LogP contribution in [-0.2, 0) is 17.6 Å². The van der Waals surface area contributed by atoms with Crippen molar-refractivity contribution in [2.45, 2.75) is 31.8 Å². The number of piperazine rings is 1. The molecule has 2 atom stereocenters. The molecule has 0 spiro atoms. The largest absolute Gasteiger partial charge is 0.298 e. The Bertz CT molecular complexity index is 838. The van der Waals surface area contributed by atoms with Crippen LogP contribution in [0.4, 0.5) is 0 Å². The van der Waals surface area contributed by atoms with E-state index in [1.807, 2.05) is 13.2 Å². The van der Waals surface area contributed by atoms with Crippen molar-refractivity contribution in [2.75, 3.05) is 26.7 Å². The number of rotatable bonds is 2. The number of ketones is 1. The summed E-state index contributed by atoms with van der Waals surface area (Å²) in [4.78, 5) is 21.6. The predicted molar refractivity (Wildman–Crippen MR) is 106 cm³/mol. The Morgan fingerprint density at radius 3 is 2.77 bits per heavy atom. The van der Waals surface area contributed by atoms with Crippen LogP contribution in [0.15, 0.2) is 41.0 Å². The van der Waals surface area contributed by atoms with Crippen LogP contribution in [0.5, 0.6) is 0 Å². The van der Waals surface area contributed by atoms with Gasteiger partial charge in [-0.05, 0) is 65.5 Å². The van der Waals surface area contributed by atoms with Gasteiger partial charge in [-0.25, -0.2) is 0 Å². The maximum Gasteiger partial charge on any atom is 0.148 e. The summed E-state index contributed by atoms with van der Waals surface area (Å²) >= 11 is 3.58. The van der Waals surface area contributed by atoms with Gasteiger partial charge in [-0.15, -0.1) is 0 Å². The number of hydrogen-bond acceptors (Lipinski definition) is 4. The van der Waals surface area contributed by atoms with Gasteiger partial charge < -0.3 is 0 Å². The van der Waals surface area contributed by atoms with E-state index in [2.05, 4.69) is 56.1 Å². The smallest absolute Gasteiger partial charge is 0.148 e. The number of fused-ring (bicyclic) bond motifs is 2. The van der Waals surface area contributed by atoms with Gasteiger partial charge in [0.05, 0.1) is 17.8 Å². The summed E-state index contributed by atoms with van der Waals surface area (Å²) in [7, 11) is 2.05. The topological polar surface area (TPSA) is 36.4 Å². The zero-order chi connectivity index (χ0) is 18.3. The molecule has 0 N–H and O–H groups in total. The second-order valence-corrected chi connectivity index (χ2v) is 8.32. The highest BCUT2D eigenvalue weighted by molar-refractivity contribution is 9.10. The van der Waals surface area contributed by atoms with Crippen LogP contribution in [0.2, 0.25) is 0 Å². The first-order chi connectivity index (χ1) is 12.5. The molecule has 26 heavy (non-hydrogen) atoms. The highest BCUT2D eigenvalue weighted by Gasteiger charge is 2.36. The van der Waals surface area contributed by atoms with E-state index in [1.165, 1.54) is 16.7 Å². The summed E-state index contributed by atoms with van der Waals surface area (Å²) in [6, 6.07) is 11.0. The van der Waals surface area contributed by atoms with Crippen molar-refractivity contribution in [1.29, 1.82) is 0 Å². The fourth-order valence-corrected chi connectivity index (χ4v) is 4.70. The fraction of sp³-hybridized carbons (Fsp3) is 0.429. The Hall–Kier alpha value is -1.56. The van der Waals surface area contributed by atoms with E-state index in [-0.39, 0.29) is 17.9 Å². The van der Waals surface area contributed by atoms with Crippen molar-refractivity contribution in [3.05, 3.63) is 63.4 Å². The lowest BCUT2D eigenvalue weighted by Gasteiger charge is -2.42. The van der Waals surface area contributed by atoms with Crippen LogP contribution >= 0.6 is 15.9 Å². The Morgan fingerprint density at radius 2 is 1.96 bits per heavy atom. The summed E-state index contributed by atoms with van der Waals surface area (Å²) in [5.41, 5.74) is 5.18. The van der Waals surface area contributed by atoms with Gasteiger partial charge in [-0.1, -0.05) is 24.3 Å². The molecular formula is C21H24BrN3O. The average Bonchev–Trinajstić information content (AvgIpc) is 2.79. The van der Waals surface area contributed by atoms with Crippen molar-refractivity contribution in [1.82, 2.24) is 14.8 Å². The second kappa shape index (κ2) is 7.22. The first kappa shape index (κ1) is 17.8. The van der Waals surface area contributed by atoms with Gasteiger partial charge in [0.25, 0.3) is 0 Å². The van der Waals surface area contributed by atoms with Crippen LogP contribution in [0.1, 0.15) is 35.3 Å². The lowest BCUT2D eigenvalue weighted by Crippen LogP contribution is -2.55. The molecule has 1 aromatic carbocycles. The zero-order valence-corrected chi connectivity index (χ0v) is 16.9. The van der Waals surface area contributed by atoms with Gasteiger partial charge in [0.2, 0.25) is 0 Å². The standard InChI is InChI=1S/C21H24BrN3O/c1-14(26)19-13-25(10-9-24(19)2)21-18-6-4-3-5-15(18)7-8-16-11-17(22)12-23-20(16)21/h3-6,11-12,19,21H,7-10,13H2,1-2H3/t19-,21+/m1/s1. The number of hydrogen-bond donors (Lipinski definition) is 0. The minimum atomic E-state index is -0.0435. The quantitative estimate of drug-likeness (QED) is 0.756. The van der Waals surface area contributed by atoms with Gasteiger partial charge >= 0.3 is 0 Å². The van der Waals surface area contributed by atoms with Gasteiger partial charge in [0, 0.05) is 30.3 Å². The molecule has 2 aliphatic rings. The number of aromatic nitrogens is 1. The van der Waals surface area contributed by atoms with E-state index < -0.39 is 0 Å². The molecule has 0 saturated carbocycles. The van der Waals surface area contributed by atoms with Crippen molar-refractivity contribution < 1.29 is 4.79 Å². The Morgan fingerprint density at radius 1 is 1.19 bits per heavy atom. The number of Topliss-reactive ketones (excluding diaryl/α,β-unsaturated/α-hetero) is 1. The number of benzene rings is 1. The molecule has 1 saturated heterocycles. The van der Waals surface area contributed by atoms with Gasteiger partial charge in [-0.3, -0.25) is 19.6 Å². The van der Waals surface area contributed by atoms with Crippen molar-refractivity contribution in [3.63, 3.8) is 0 Å². The normalized spacial score (nSPS) is 23.8. The molecule has 0 amide bonds. The van der Waals surface area contributed by atoms with Crippen molar-refractivity contribution in [3.8, 4) is 0 Å². The molecule has 4 nitrogen and oxygen atoms in total. The van der Waals surface area contributed by atoms with Gasteiger partial charge in [0.15, 0.2) is 0 Å². The number of carbonyl (C=O) groups excluding carboxylic acids is 1. The maximum atomic E-state index is 12.2. The summed E-state index contributed by atoms with van der Waals surface area (Å²) in [6.45, 7) is 4.29. The highest BCUT2D eigenvalue weighted by Crippen LogP contribution is 2.37. The summed E-state index contributed by atoms with van der Waals surface area (Å²) in [6.07, 6.45) is 3.93. The third kappa shape index (κ3) is 3.24. The Balaban J connectivity index is 1.80. The number of nitrogens with zero attached hydrogens (tertiary/aromatic N) is 3. The van der Waals surface area contributed by atoms with E-state index in [9.17, 15) is 4.79 Å². The maximum absolute atomic E-state index is 12.2.